The van der Waals surface area contributed by atoms with Gasteiger partial charge in [0.1, 0.15) is 5.82 Å². The van der Waals surface area contributed by atoms with Crippen molar-refractivity contribution in [3.63, 3.8) is 0 Å². The molecule has 2 amide bonds. The summed E-state index contributed by atoms with van der Waals surface area (Å²) in [6, 6.07) is 7.30. The van der Waals surface area contributed by atoms with Crippen molar-refractivity contribution in [1.29, 1.82) is 0 Å². The molecule has 0 bridgehead atoms. The lowest BCUT2D eigenvalue weighted by atomic mass is 9.90. The van der Waals surface area contributed by atoms with E-state index in [0.29, 0.717) is 12.0 Å². The van der Waals surface area contributed by atoms with Crippen LogP contribution in [-0.4, -0.2) is 30.1 Å². The first-order valence-electron chi connectivity index (χ1n) is 7.50. The molecular formula is C16H21FN2O. The molecule has 1 N–H and O–H groups in total. The number of hydrogen-bond donors (Lipinski definition) is 1. The topological polar surface area (TPSA) is 32.3 Å². The summed E-state index contributed by atoms with van der Waals surface area (Å²) >= 11 is 0. The van der Waals surface area contributed by atoms with Gasteiger partial charge in [-0.15, -0.1) is 0 Å². The Morgan fingerprint density at radius 1 is 1.15 bits per heavy atom. The first-order valence-corrected chi connectivity index (χ1v) is 7.50. The molecule has 0 spiro atoms. The van der Waals surface area contributed by atoms with Crippen LogP contribution in [-0.2, 0) is 6.42 Å². The van der Waals surface area contributed by atoms with Crippen molar-refractivity contribution < 1.29 is 9.18 Å². The molecule has 1 aliphatic heterocycles. The van der Waals surface area contributed by atoms with Gasteiger partial charge in [0.2, 0.25) is 0 Å². The van der Waals surface area contributed by atoms with Crippen LogP contribution in [0, 0.1) is 11.7 Å². The van der Waals surface area contributed by atoms with E-state index in [1.165, 1.54) is 17.7 Å². The number of piperidine rings is 1. The number of halogens is 1. The first kappa shape index (κ1) is 13.4. The fraction of sp³-hybridized carbons (Fsp3) is 0.562. The Balaban J connectivity index is 1.45. The number of amides is 2. The highest BCUT2D eigenvalue weighted by atomic mass is 19.1. The van der Waals surface area contributed by atoms with E-state index in [9.17, 15) is 9.18 Å². The molecule has 3 rings (SSSR count). The number of hydrogen-bond acceptors (Lipinski definition) is 1. The SMILES string of the molecule is O=C(NC1CC1)N1CCC(Cc2ccc(F)cc2)CC1. The van der Waals surface area contributed by atoms with Gasteiger partial charge >= 0.3 is 6.03 Å². The first-order chi connectivity index (χ1) is 9.70. The number of carbonyl (C=O) groups is 1. The van der Waals surface area contributed by atoms with Crippen molar-refractivity contribution in [1.82, 2.24) is 10.2 Å². The van der Waals surface area contributed by atoms with Crippen LogP contribution in [0.2, 0.25) is 0 Å². The maximum Gasteiger partial charge on any atom is 0.317 e. The molecule has 1 saturated heterocycles. The Bertz CT molecular complexity index is 462. The Morgan fingerprint density at radius 3 is 2.40 bits per heavy atom. The van der Waals surface area contributed by atoms with Crippen LogP contribution >= 0.6 is 0 Å². The van der Waals surface area contributed by atoms with Gasteiger partial charge in [-0.1, -0.05) is 12.1 Å². The van der Waals surface area contributed by atoms with Crippen LogP contribution in [0.4, 0.5) is 9.18 Å². The molecule has 2 aliphatic rings. The molecule has 1 heterocycles. The maximum absolute atomic E-state index is 12.9. The second-order valence-corrected chi connectivity index (χ2v) is 5.98. The molecule has 1 aromatic rings. The molecule has 20 heavy (non-hydrogen) atoms. The number of benzene rings is 1. The second kappa shape index (κ2) is 5.81. The fourth-order valence-corrected chi connectivity index (χ4v) is 2.79. The Morgan fingerprint density at radius 2 is 1.80 bits per heavy atom. The largest absolute Gasteiger partial charge is 0.335 e. The third-order valence-corrected chi connectivity index (χ3v) is 4.24. The van der Waals surface area contributed by atoms with E-state index in [4.69, 9.17) is 0 Å². The van der Waals surface area contributed by atoms with Crippen molar-refractivity contribution in [3.05, 3.63) is 35.6 Å². The van der Waals surface area contributed by atoms with E-state index in [2.05, 4.69) is 5.32 Å². The maximum atomic E-state index is 12.9. The molecule has 1 saturated carbocycles. The fourth-order valence-electron chi connectivity index (χ4n) is 2.79. The quantitative estimate of drug-likeness (QED) is 0.904. The zero-order valence-electron chi connectivity index (χ0n) is 11.6. The van der Waals surface area contributed by atoms with Gasteiger partial charge in [0.05, 0.1) is 0 Å². The lowest BCUT2D eigenvalue weighted by Gasteiger charge is -2.32. The van der Waals surface area contributed by atoms with Crippen molar-refractivity contribution >= 4 is 6.03 Å². The zero-order chi connectivity index (χ0) is 13.9. The van der Waals surface area contributed by atoms with Crippen LogP contribution < -0.4 is 5.32 Å². The molecule has 0 radical (unpaired) electrons. The highest BCUT2D eigenvalue weighted by Crippen LogP contribution is 2.23. The summed E-state index contributed by atoms with van der Waals surface area (Å²) in [5.41, 5.74) is 1.19. The molecular weight excluding hydrogens is 255 g/mol. The predicted octanol–water partition coefficient (Wildman–Crippen LogP) is 2.95. The van der Waals surface area contributed by atoms with Gasteiger partial charge in [0, 0.05) is 19.1 Å². The van der Waals surface area contributed by atoms with Gasteiger partial charge in [-0.3, -0.25) is 0 Å². The molecule has 2 fully saturated rings. The van der Waals surface area contributed by atoms with Gasteiger partial charge in [0.25, 0.3) is 0 Å². The van der Waals surface area contributed by atoms with Crippen molar-refractivity contribution in [3.8, 4) is 0 Å². The van der Waals surface area contributed by atoms with Gasteiger partial charge in [0.15, 0.2) is 0 Å². The van der Waals surface area contributed by atoms with Crippen LogP contribution in [0.15, 0.2) is 24.3 Å². The minimum Gasteiger partial charge on any atom is -0.335 e. The van der Waals surface area contributed by atoms with E-state index in [1.807, 2.05) is 17.0 Å². The lowest BCUT2D eigenvalue weighted by Crippen LogP contribution is -2.45. The molecule has 4 heteroatoms. The normalized spacial score (nSPS) is 19.9. The molecule has 0 aromatic heterocycles. The summed E-state index contributed by atoms with van der Waals surface area (Å²) in [6.45, 7) is 1.68. The molecule has 1 aliphatic carbocycles. The standard InChI is InChI=1S/C16H21FN2O/c17-14-3-1-12(2-4-14)11-13-7-9-19(10-8-13)16(20)18-15-5-6-15/h1-4,13,15H,5-11H2,(H,18,20). The van der Waals surface area contributed by atoms with E-state index in [-0.39, 0.29) is 11.8 Å². The Hall–Kier alpha value is -1.58. The van der Waals surface area contributed by atoms with E-state index >= 15 is 0 Å². The van der Waals surface area contributed by atoms with Crippen LogP contribution in [0.3, 0.4) is 0 Å². The molecule has 108 valence electrons. The third-order valence-electron chi connectivity index (χ3n) is 4.24. The van der Waals surface area contributed by atoms with Crippen LogP contribution in [0.1, 0.15) is 31.2 Å². The lowest BCUT2D eigenvalue weighted by molar-refractivity contribution is 0.170. The average molecular weight is 276 g/mol. The third kappa shape index (κ3) is 3.50. The number of carbonyl (C=O) groups excluding carboxylic acids is 1. The number of rotatable bonds is 3. The van der Waals surface area contributed by atoms with Gasteiger partial charge in [-0.2, -0.15) is 0 Å². The van der Waals surface area contributed by atoms with Crippen molar-refractivity contribution in [2.24, 2.45) is 5.92 Å². The number of likely N-dealkylation sites (tertiary alicyclic amines) is 1. The summed E-state index contributed by atoms with van der Waals surface area (Å²) in [5, 5.41) is 3.04. The summed E-state index contributed by atoms with van der Waals surface area (Å²) in [6.07, 6.45) is 5.32. The minimum absolute atomic E-state index is 0.104. The van der Waals surface area contributed by atoms with E-state index in [1.54, 1.807) is 0 Å². The van der Waals surface area contributed by atoms with E-state index in [0.717, 1.165) is 45.2 Å². The molecule has 3 nitrogen and oxygen atoms in total. The highest BCUT2D eigenvalue weighted by Gasteiger charge is 2.28. The number of urea groups is 1. The number of nitrogens with one attached hydrogen (secondary N) is 1. The highest BCUT2D eigenvalue weighted by molar-refractivity contribution is 5.74. The van der Waals surface area contributed by atoms with Crippen molar-refractivity contribution in [2.75, 3.05) is 13.1 Å². The van der Waals surface area contributed by atoms with Crippen LogP contribution in [0.5, 0.6) is 0 Å². The van der Waals surface area contributed by atoms with Gasteiger partial charge in [-0.25, -0.2) is 9.18 Å². The van der Waals surface area contributed by atoms with E-state index < -0.39 is 0 Å². The monoisotopic (exact) mass is 276 g/mol. The Kier molecular flexibility index (Phi) is 3.90. The van der Waals surface area contributed by atoms with Crippen molar-refractivity contribution in [2.45, 2.75) is 38.1 Å². The summed E-state index contributed by atoms with van der Waals surface area (Å²) in [5.74, 6) is 0.422. The van der Waals surface area contributed by atoms with Crippen LogP contribution in [0.25, 0.3) is 0 Å². The van der Waals surface area contributed by atoms with Gasteiger partial charge < -0.3 is 10.2 Å². The van der Waals surface area contributed by atoms with Gasteiger partial charge in [-0.05, 0) is 55.7 Å². The zero-order valence-corrected chi connectivity index (χ0v) is 11.6. The summed E-state index contributed by atoms with van der Waals surface area (Å²) in [4.78, 5) is 13.9. The molecule has 0 atom stereocenters. The summed E-state index contributed by atoms with van der Waals surface area (Å²) in [7, 11) is 0. The molecule has 1 aromatic carbocycles. The predicted molar refractivity (Wildman–Crippen MR) is 76.0 cm³/mol. The second-order valence-electron chi connectivity index (χ2n) is 5.98. The molecule has 0 unspecified atom stereocenters. The number of nitrogens with zero attached hydrogens (tertiary/aromatic N) is 1. The minimum atomic E-state index is -0.180. The average Bonchev–Trinajstić information content (AvgIpc) is 3.26. The smallest absolute Gasteiger partial charge is 0.317 e. The Labute approximate surface area is 119 Å². The summed E-state index contributed by atoms with van der Waals surface area (Å²) < 4.78 is 12.9.